The van der Waals surface area contributed by atoms with E-state index in [1.807, 2.05) is 67.2 Å². The van der Waals surface area contributed by atoms with Crippen LogP contribution in [0.1, 0.15) is 11.3 Å². The number of H-pyrrole nitrogens is 1. The van der Waals surface area contributed by atoms with Crippen LogP contribution in [0, 0.1) is 6.92 Å². The molecule has 3 aromatic carbocycles. The molecule has 0 fully saturated rings. The van der Waals surface area contributed by atoms with Crippen molar-refractivity contribution < 1.29 is 0 Å². The van der Waals surface area contributed by atoms with Gasteiger partial charge in [0.2, 0.25) is 0 Å². The van der Waals surface area contributed by atoms with E-state index in [1.54, 1.807) is 16.0 Å². The summed E-state index contributed by atoms with van der Waals surface area (Å²) in [5.74, 6) is 0. The fourth-order valence-corrected chi connectivity index (χ4v) is 6.04. The summed E-state index contributed by atoms with van der Waals surface area (Å²) in [6.07, 6.45) is 2.92. The fraction of sp³-hybridized carbons (Fsp3) is 0.133. The van der Waals surface area contributed by atoms with Gasteiger partial charge in [0.1, 0.15) is 0 Å². The largest absolute Gasteiger partial charge is 0.361 e. The van der Waals surface area contributed by atoms with Crippen LogP contribution in [0.25, 0.3) is 27.8 Å². The Morgan fingerprint density at radius 1 is 0.974 bits per heavy atom. The van der Waals surface area contributed by atoms with E-state index in [2.05, 4.69) is 67.4 Å². The smallest absolute Gasteiger partial charge is 0.297 e. The molecule has 0 saturated heterocycles. The van der Waals surface area contributed by atoms with Crippen LogP contribution in [-0.2, 0) is 20.0 Å². The standard InChI is InChI=1S/C30H26BrN5OS/c1-20-28(29(37)36(34(20)2)24-8-4-3-5-9-24)33-30-35(27(19-38-30)21-12-14-23(31)15-13-21)17-16-22-18-32-26-11-7-6-10-25(22)26/h3-15,18-19,32H,16-17H2,1-2H3. The van der Waals surface area contributed by atoms with Crippen LogP contribution in [0.2, 0.25) is 0 Å². The lowest BCUT2D eigenvalue weighted by Gasteiger charge is -2.09. The molecule has 3 heterocycles. The third-order valence-electron chi connectivity index (χ3n) is 6.95. The second kappa shape index (κ2) is 10.1. The molecule has 0 saturated carbocycles. The Morgan fingerprint density at radius 3 is 2.50 bits per heavy atom. The highest BCUT2D eigenvalue weighted by Gasteiger charge is 2.17. The van der Waals surface area contributed by atoms with Gasteiger partial charge in [-0.15, -0.1) is 11.3 Å². The van der Waals surface area contributed by atoms with Crippen LogP contribution < -0.4 is 10.4 Å². The Hall–Kier alpha value is -3.88. The Kier molecular flexibility index (Phi) is 6.51. The zero-order valence-electron chi connectivity index (χ0n) is 21.1. The summed E-state index contributed by atoms with van der Waals surface area (Å²) in [6.45, 7) is 2.67. The molecule has 190 valence electrons. The van der Waals surface area contributed by atoms with Crippen molar-refractivity contribution in [2.24, 2.45) is 12.0 Å². The van der Waals surface area contributed by atoms with Gasteiger partial charge < -0.3 is 9.55 Å². The SMILES string of the molecule is Cc1c(N=c2scc(-c3ccc(Br)cc3)n2CCc2c[nH]c3ccccc23)c(=O)n(-c2ccccc2)n1C. The van der Waals surface area contributed by atoms with E-state index in [0.29, 0.717) is 5.69 Å². The molecule has 0 atom stereocenters. The molecule has 8 heteroatoms. The maximum atomic E-state index is 13.6. The monoisotopic (exact) mass is 583 g/mol. The van der Waals surface area contributed by atoms with Crippen LogP contribution in [0.4, 0.5) is 5.69 Å². The van der Waals surface area contributed by atoms with Gasteiger partial charge in [-0.05, 0) is 54.8 Å². The lowest BCUT2D eigenvalue weighted by atomic mass is 10.1. The van der Waals surface area contributed by atoms with Crippen LogP contribution in [0.15, 0.2) is 105 Å². The number of hydrogen-bond acceptors (Lipinski definition) is 3. The molecule has 0 spiro atoms. The summed E-state index contributed by atoms with van der Waals surface area (Å²) >= 11 is 5.10. The predicted molar refractivity (Wildman–Crippen MR) is 158 cm³/mol. The highest BCUT2D eigenvalue weighted by atomic mass is 79.9. The van der Waals surface area contributed by atoms with E-state index >= 15 is 0 Å². The van der Waals surface area contributed by atoms with Crippen molar-refractivity contribution in [1.29, 1.82) is 0 Å². The number of fused-ring (bicyclic) bond motifs is 1. The fourth-order valence-electron chi connectivity index (χ4n) is 4.84. The van der Waals surface area contributed by atoms with Gasteiger partial charge in [0.25, 0.3) is 5.56 Å². The van der Waals surface area contributed by atoms with Crippen molar-refractivity contribution >= 4 is 43.9 Å². The quantitative estimate of drug-likeness (QED) is 0.232. The second-order valence-electron chi connectivity index (χ2n) is 9.19. The topological polar surface area (TPSA) is 60.0 Å². The Morgan fingerprint density at radius 2 is 1.71 bits per heavy atom. The van der Waals surface area contributed by atoms with Crippen molar-refractivity contribution in [2.45, 2.75) is 19.9 Å². The maximum absolute atomic E-state index is 13.6. The summed E-state index contributed by atoms with van der Waals surface area (Å²) < 4.78 is 6.81. The van der Waals surface area contributed by atoms with Gasteiger partial charge in [0, 0.05) is 40.5 Å². The molecule has 38 heavy (non-hydrogen) atoms. The number of para-hydroxylation sites is 2. The minimum Gasteiger partial charge on any atom is -0.361 e. The zero-order chi connectivity index (χ0) is 26.2. The molecule has 6 aromatic rings. The number of aromatic amines is 1. The molecule has 0 aliphatic carbocycles. The van der Waals surface area contributed by atoms with Gasteiger partial charge in [-0.25, -0.2) is 9.67 Å². The molecule has 6 rings (SSSR count). The number of nitrogens with one attached hydrogen (secondary N) is 1. The van der Waals surface area contributed by atoms with Crippen LogP contribution in [0.3, 0.4) is 0 Å². The lowest BCUT2D eigenvalue weighted by molar-refractivity contribution is 0.630. The molecular weight excluding hydrogens is 558 g/mol. The summed E-state index contributed by atoms with van der Waals surface area (Å²) in [6, 6.07) is 26.4. The lowest BCUT2D eigenvalue weighted by Crippen LogP contribution is -2.20. The number of halogens is 1. The third-order valence-corrected chi connectivity index (χ3v) is 8.34. The van der Waals surface area contributed by atoms with Gasteiger partial charge in [-0.1, -0.05) is 64.5 Å². The summed E-state index contributed by atoms with van der Waals surface area (Å²) in [5, 5.41) is 3.36. The van der Waals surface area contributed by atoms with Gasteiger partial charge >= 0.3 is 0 Å². The van der Waals surface area contributed by atoms with E-state index in [-0.39, 0.29) is 5.56 Å². The van der Waals surface area contributed by atoms with E-state index in [9.17, 15) is 4.79 Å². The first kappa shape index (κ1) is 24.5. The minimum absolute atomic E-state index is 0.127. The molecule has 0 radical (unpaired) electrons. The molecule has 6 nitrogen and oxygen atoms in total. The molecule has 0 aliphatic rings. The number of rotatable bonds is 6. The summed E-state index contributed by atoms with van der Waals surface area (Å²) in [7, 11) is 1.90. The summed E-state index contributed by atoms with van der Waals surface area (Å²) in [5.41, 5.74) is 6.56. The van der Waals surface area contributed by atoms with Crippen molar-refractivity contribution in [2.75, 3.05) is 0 Å². The molecule has 0 amide bonds. The molecular formula is C30H26BrN5OS. The van der Waals surface area contributed by atoms with Gasteiger partial charge in [0.15, 0.2) is 10.5 Å². The summed E-state index contributed by atoms with van der Waals surface area (Å²) in [4.78, 5) is 22.7. The third kappa shape index (κ3) is 4.40. The molecule has 1 N–H and O–H groups in total. The first-order valence-corrected chi connectivity index (χ1v) is 14.1. The van der Waals surface area contributed by atoms with Crippen molar-refractivity contribution in [3.63, 3.8) is 0 Å². The molecule has 0 bridgehead atoms. The highest BCUT2D eigenvalue weighted by molar-refractivity contribution is 9.10. The molecule has 0 aliphatic heterocycles. The number of hydrogen-bond donors (Lipinski definition) is 1. The van der Waals surface area contributed by atoms with E-state index in [0.717, 1.165) is 50.4 Å². The number of nitrogens with zero attached hydrogens (tertiary/aromatic N) is 4. The van der Waals surface area contributed by atoms with Gasteiger partial charge in [-0.3, -0.25) is 9.48 Å². The van der Waals surface area contributed by atoms with E-state index in [1.165, 1.54) is 10.9 Å². The number of benzene rings is 3. The Balaban J connectivity index is 1.47. The van der Waals surface area contributed by atoms with Crippen molar-refractivity contribution in [1.82, 2.24) is 18.9 Å². The van der Waals surface area contributed by atoms with Gasteiger partial charge in [0.05, 0.1) is 17.1 Å². The second-order valence-corrected chi connectivity index (χ2v) is 10.9. The van der Waals surface area contributed by atoms with Crippen LogP contribution in [0.5, 0.6) is 0 Å². The Labute approximate surface area is 232 Å². The van der Waals surface area contributed by atoms with Crippen molar-refractivity contribution in [3.05, 3.63) is 121 Å². The van der Waals surface area contributed by atoms with Crippen LogP contribution in [-0.4, -0.2) is 18.9 Å². The first-order valence-electron chi connectivity index (χ1n) is 12.4. The number of thiazole rings is 1. The molecule has 0 unspecified atom stereocenters. The van der Waals surface area contributed by atoms with Crippen molar-refractivity contribution in [3.8, 4) is 16.9 Å². The molecule has 3 aromatic heterocycles. The minimum atomic E-state index is -0.127. The highest BCUT2D eigenvalue weighted by Crippen LogP contribution is 2.25. The normalized spacial score (nSPS) is 12.0. The maximum Gasteiger partial charge on any atom is 0.297 e. The average Bonchev–Trinajstić information content (AvgIpc) is 3.60. The van der Waals surface area contributed by atoms with E-state index < -0.39 is 0 Å². The number of aromatic nitrogens is 4. The first-order chi connectivity index (χ1) is 18.5. The number of aryl methyl sites for hydroxylation is 1. The van der Waals surface area contributed by atoms with Gasteiger partial charge in [-0.2, -0.15) is 0 Å². The zero-order valence-corrected chi connectivity index (χ0v) is 23.5. The average molecular weight is 585 g/mol. The van der Waals surface area contributed by atoms with Crippen LogP contribution >= 0.6 is 27.3 Å². The van der Waals surface area contributed by atoms with E-state index in [4.69, 9.17) is 4.99 Å². The predicted octanol–water partition coefficient (Wildman–Crippen LogP) is 6.73. The Bertz CT molecular complexity index is 1870.